The number of ether oxygens (including phenoxy) is 7. The number of methoxy groups -OCH3 is 2. The highest BCUT2D eigenvalue weighted by molar-refractivity contribution is 7.90. The number of rotatable bonds is 15. The summed E-state index contributed by atoms with van der Waals surface area (Å²) in [6.45, 7) is 15.0. The Labute approximate surface area is 422 Å². The molecule has 1 aromatic carbocycles. The highest BCUT2D eigenvalue weighted by Gasteiger charge is 2.52. The molecule has 5 N–H and O–H groups in total. The summed E-state index contributed by atoms with van der Waals surface area (Å²) in [6, 6.07) is 5.09. The molecule has 5 rings (SSSR count). The zero-order valence-corrected chi connectivity index (χ0v) is 45.0. The number of carbonyl (C=O) groups excluding carboxylic acids is 1. The molecule has 3 fully saturated rings. The number of halogens is 1. The van der Waals surface area contributed by atoms with E-state index in [0.29, 0.717) is 42.1 Å². The molecule has 20 atom stereocenters. The highest BCUT2D eigenvalue weighted by Crippen LogP contribution is 2.40. The van der Waals surface area contributed by atoms with Crippen LogP contribution in [0.4, 0.5) is 4.39 Å². The van der Waals surface area contributed by atoms with E-state index >= 15 is 0 Å². The molecule has 0 radical (unpaired) electrons. The summed E-state index contributed by atoms with van der Waals surface area (Å²) in [5, 5.41) is 67.4. The van der Waals surface area contributed by atoms with Crippen molar-refractivity contribution in [2.24, 2.45) is 17.8 Å². The van der Waals surface area contributed by atoms with Crippen molar-refractivity contribution in [3.63, 3.8) is 0 Å². The number of cyclic esters (lactones) is 1. The molecule has 0 saturated carbocycles. The first kappa shape index (κ1) is 59.4. The predicted octanol–water partition coefficient (Wildman–Crippen LogP) is 2.96. The second-order valence-electron chi connectivity index (χ2n) is 21.4. The molecule has 1 aromatic heterocycles. The van der Waals surface area contributed by atoms with Gasteiger partial charge in [-0.05, 0) is 110 Å². The van der Waals surface area contributed by atoms with E-state index < -0.39 is 139 Å². The van der Waals surface area contributed by atoms with Crippen LogP contribution in [0.3, 0.4) is 0 Å². The van der Waals surface area contributed by atoms with Crippen LogP contribution in [0.2, 0.25) is 0 Å². The van der Waals surface area contributed by atoms with E-state index in [9.17, 15) is 39.3 Å². The first-order valence-electron chi connectivity index (χ1n) is 24.8. The Kier molecular flexibility index (Phi) is 20.9. The minimum Gasteiger partial charge on any atom is -0.612 e. The lowest BCUT2D eigenvalue weighted by molar-refractivity contribution is -0.318. The van der Waals surface area contributed by atoms with Gasteiger partial charge in [0, 0.05) is 64.3 Å². The molecule has 0 aliphatic carbocycles. The third-order valence-electron chi connectivity index (χ3n) is 15.3. The summed E-state index contributed by atoms with van der Waals surface area (Å²) in [7, 11) is 6.66. The van der Waals surface area contributed by atoms with Gasteiger partial charge in [0.1, 0.15) is 55.6 Å². The summed E-state index contributed by atoms with van der Waals surface area (Å²) >= 11 is -1.17. The Hall–Kier alpha value is -2.45. The first-order chi connectivity index (χ1) is 33.2. The monoisotopic (exact) mass is 1030 g/mol. The Morgan fingerprint density at radius 1 is 0.986 bits per heavy atom. The average Bonchev–Trinajstić information content (AvgIpc) is 3.79. The quantitative estimate of drug-likeness (QED) is 0.127. The van der Waals surface area contributed by atoms with Gasteiger partial charge in [0.05, 0.1) is 47.2 Å². The first-order valence-corrected chi connectivity index (χ1v) is 26.4. The van der Waals surface area contributed by atoms with Crippen LogP contribution in [0.15, 0.2) is 35.4 Å². The van der Waals surface area contributed by atoms with Gasteiger partial charge in [-0.15, -0.1) is 5.10 Å². The molecule has 3 aliphatic rings. The van der Waals surface area contributed by atoms with Crippen molar-refractivity contribution in [1.82, 2.24) is 24.8 Å². The molecule has 0 bridgehead atoms. The minimum atomic E-state index is -1.82. The van der Waals surface area contributed by atoms with Gasteiger partial charge in [0.25, 0.3) is 0 Å². The molecule has 19 nitrogen and oxygen atoms in total. The van der Waals surface area contributed by atoms with Crippen LogP contribution < -0.4 is 0 Å². The van der Waals surface area contributed by atoms with Crippen molar-refractivity contribution in [2.45, 2.75) is 189 Å². The smallest absolute Gasteiger partial charge is 0.311 e. The number of esters is 1. The Balaban J connectivity index is 1.42. The third kappa shape index (κ3) is 14.3. The van der Waals surface area contributed by atoms with E-state index in [-0.39, 0.29) is 18.8 Å². The number of alkyl halides is 1. The minimum absolute atomic E-state index is 0.0822. The second kappa shape index (κ2) is 24.9. The number of aliphatic hydroxyl groups is 5. The summed E-state index contributed by atoms with van der Waals surface area (Å²) in [5.41, 5.74) is -3.27. The Bertz CT molecular complexity index is 1970. The maximum Gasteiger partial charge on any atom is 0.311 e. The summed E-state index contributed by atoms with van der Waals surface area (Å²) in [5.74, 6) is -2.88. The maximum atomic E-state index is 14.7. The normalized spacial score (nSPS) is 39.8. The SMILES string of the molecule is CO[C@H](c1ccc([S+](C)[O-])cc1)[C@@H](CF)n1cc(CCN(C)[C@H]2C[C@@H](C)O[C@@H](O[C@@H]3[C@@H](C)[C@H](O[C@H]4C[C@@](C)(OC)[C@@H](O)[C@H](C)O4)[C@@H](C)C(=O)OC[C@@](C)(O)[C@H](O)[C@@H](C)N(C)C[C@H](C)C[C@@]3(C)O)[C@@H]2O)nn1. The molecule has 21 heteroatoms. The van der Waals surface area contributed by atoms with Crippen LogP contribution in [-0.4, -0.2) is 206 Å². The molecule has 406 valence electrons. The predicted molar refractivity (Wildman–Crippen MR) is 261 cm³/mol. The van der Waals surface area contributed by atoms with E-state index in [0.717, 1.165) is 0 Å². The fourth-order valence-electron chi connectivity index (χ4n) is 10.8. The highest BCUT2D eigenvalue weighted by atomic mass is 32.2. The molecular formula is C50H84FN5O14S. The summed E-state index contributed by atoms with van der Waals surface area (Å²) in [4.78, 5) is 18.6. The summed E-state index contributed by atoms with van der Waals surface area (Å²) in [6.07, 6.45) is -5.56. The van der Waals surface area contributed by atoms with Gasteiger partial charge >= 0.3 is 5.97 Å². The zero-order chi connectivity index (χ0) is 52.9. The van der Waals surface area contributed by atoms with Gasteiger partial charge in [0.15, 0.2) is 17.5 Å². The van der Waals surface area contributed by atoms with E-state index in [1.807, 2.05) is 37.7 Å². The number of hydrogen-bond acceptors (Lipinski definition) is 18. The number of likely N-dealkylation sites (N-methyl/N-ethyl adjacent to an activating group) is 2. The van der Waals surface area contributed by atoms with Gasteiger partial charge in [-0.1, -0.05) is 31.2 Å². The number of aliphatic hydroxyl groups excluding tert-OH is 3. The lowest BCUT2D eigenvalue weighted by Gasteiger charge is -2.49. The standard InChI is InChI=1S/C50H84FN5O14S/c1-28-22-48(7,61)45(30(3)41(69-39-23-50(9,65-13)44(59)33(6)68-39)31(4)46(60)66-27-49(8,62)43(58)32(5)55(11)25-28)70-47-40(57)37(21-29(2)67-47)54(10)20-19-35-26-56(53-52-35)38(24-51)42(64-12)34-15-17-36(18-16-34)71(14)63/h15-18,26,28-33,37-45,47,57-59,61-62H,19-25,27H2,1-14H3/t28-,29-,30+,31-,32-,33+,37+,38-,39+,40-,41+,42-,43-,44+,45-,47+,48-,49-,50-,71?/m1/s1. The molecule has 3 saturated heterocycles. The van der Waals surface area contributed by atoms with Crippen LogP contribution in [0.25, 0.3) is 0 Å². The van der Waals surface area contributed by atoms with Gasteiger partial charge in [-0.3, -0.25) is 4.79 Å². The number of carbonyl (C=O) groups is 1. The van der Waals surface area contributed by atoms with Crippen molar-refractivity contribution in [3.8, 4) is 0 Å². The number of nitrogens with zero attached hydrogens (tertiary/aromatic N) is 5. The molecule has 1 unspecified atom stereocenters. The molecule has 4 heterocycles. The Morgan fingerprint density at radius 2 is 1.65 bits per heavy atom. The van der Waals surface area contributed by atoms with Crippen LogP contribution in [0.1, 0.15) is 105 Å². The molecule has 2 aromatic rings. The largest absolute Gasteiger partial charge is 0.612 e. The van der Waals surface area contributed by atoms with E-state index in [2.05, 4.69) is 10.3 Å². The molecule has 3 aliphatic heterocycles. The zero-order valence-electron chi connectivity index (χ0n) is 44.2. The maximum absolute atomic E-state index is 14.7. The van der Waals surface area contributed by atoms with Gasteiger partial charge in [0.2, 0.25) is 0 Å². The fraction of sp³-hybridized carbons (Fsp3) is 0.820. The second-order valence-corrected chi connectivity index (χ2v) is 22.8. The van der Waals surface area contributed by atoms with Crippen molar-refractivity contribution >= 4 is 17.1 Å². The van der Waals surface area contributed by atoms with Gasteiger partial charge in [-0.25, -0.2) is 9.07 Å². The molecular weight excluding hydrogens is 946 g/mol. The fourth-order valence-corrected chi connectivity index (χ4v) is 11.3. The number of benzene rings is 1. The Morgan fingerprint density at radius 3 is 2.25 bits per heavy atom. The number of hydrogen-bond donors (Lipinski definition) is 5. The van der Waals surface area contributed by atoms with E-state index in [1.165, 1.54) is 25.8 Å². The lowest BCUT2D eigenvalue weighted by Crippen LogP contribution is -2.60. The van der Waals surface area contributed by atoms with Crippen LogP contribution in [-0.2, 0) is 55.5 Å². The molecule has 0 spiro atoms. The van der Waals surface area contributed by atoms with Gasteiger partial charge in [-0.2, -0.15) is 0 Å². The van der Waals surface area contributed by atoms with Crippen molar-refractivity contribution < 1.29 is 72.4 Å². The topological polar surface area (TPSA) is 243 Å². The molecule has 71 heavy (non-hydrogen) atoms. The molecule has 0 amide bonds. The third-order valence-corrected chi connectivity index (χ3v) is 16.2. The van der Waals surface area contributed by atoms with Crippen molar-refractivity contribution in [2.75, 3.05) is 60.9 Å². The number of aromatic nitrogens is 3. The van der Waals surface area contributed by atoms with Gasteiger partial charge < -0.3 is 73.0 Å². The van der Waals surface area contributed by atoms with E-state index in [1.54, 1.807) is 78.3 Å². The van der Waals surface area contributed by atoms with Crippen LogP contribution in [0, 0.1) is 17.8 Å². The summed E-state index contributed by atoms with van der Waals surface area (Å²) < 4.78 is 71.6. The lowest BCUT2D eigenvalue weighted by atomic mass is 9.77. The van der Waals surface area contributed by atoms with Crippen LogP contribution in [0.5, 0.6) is 0 Å². The average molecular weight is 1030 g/mol. The van der Waals surface area contributed by atoms with Crippen molar-refractivity contribution in [1.29, 1.82) is 0 Å². The van der Waals surface area contributed by atoms with Crippen molar-refractivity contribution in [3.05, 3.63) is 41.7 Å². The van der Waals surface area contributed by atoms with Crippen LogP contribution >= 0.6 is 0 Å². The van der Waals surface area contributed by atoms with E-state index in [4.69, 9.17) is 33.2 Å².